The maximum absolute atomic E-state index is 15.9. The highest BCUT2D eigenvalue weighted by molar-refractivity contribution is 7.54. The molecule has 268 valence electrons. The van der Waals surface area contributed by atoms with E-state index in [-0.39, 0.29) is 24.0 Å². The highest BCUT2D eigenvalue weighted by atomic mass is 31.2. The summed E-state index contributed by atoms with van der Waals surface area (Å²) in [5, 5.41) is 12.9. The van der Waals surface area contributed by atoms with Gasteiger partial charge in [0.05, 0.1) is 18.2 Å². The van der Waals surface area contributed by atoms with Gasteiger partial charge in [-0.1, -0.05) is 145 Å². The zero-order valence-electron chi connectivity index (χ0n) is 30.9. The second-order valence-electron chi connectivity index (χ2n) is 16.0. The Morgan fingerprint density at radius 1 is 0.653 bits per heavy atom. The summed E-state index contributed by atoms with van der Waals surface area (Å²) in [5.41, 5.74) is 3.37. The molecule has 3 aromatic carbocycles. The quantitative estimate of drug-likeness (QED) is 0.161. The Labute approximate surface area is 297 Å². The number of nitrogens with zero attached hydrogens (tertiary/aromatic N) is 1. The fourth-order valence-electron chi connectivity index (χ4n) is 8.41. The minimum Gasteiger partial charge on any atom is -0.379 e. The molecule has 0 spiro atoms. The van der Waals surface area contributed by atoms with E-state index < -0.39 is 19.5 Å². The number of aliphatic hydroxyl groups is 1. The maximum atomic E-state index is 15.9. The summed E-state index contributed by atoms with van der Waals surface area (Å²) in [6, 6.07) is 30.6. The van der Waals surface area contributed by atoms with Gasteiger partial charge in [-0.05, 0) is 84.3 Å². The Balaban J connectivity index is 1.59. The van der Waals surface area contributed by atoms with E-state index in [1.165, 1.54) is 0 Å². The lowest BCUT2D eigenvalue weighted by Gasteiger charge is -2.44. The van der Waals surface area contributed by atoms with Crippen molar-refractivity contribution in [2.45, 2.75) is 124 Å². The fourth-order valence-corrected chi connectivity index (χ4v) is 10.7. The normalized spacial score (nSPS) is 27.2. The summed E-state index contributed by atoms with van der Waals surface area (Å²) in [6.07, 6.45) is 6.09. The molecule has 0 aromatic heterocycles. The van der Waals surface area contributed by atoms with Gasteiger partial charge in [0, 0.05) is 13.1 Å². The molecule has 1 N–H and O–H groups in total. The van der Waals surface area contributed by atoms with Crippen molar-refractivity contribution < 1.29 is 18.7 Å². The Kier molecular flexibility index (Phi) is 13.8. The topological polar surface area (TPSA) is 59.0 Å². The molecule has 49 heavy (non-hydrogen) atoms. The van der Waals surface area contributed by atoms with Gasteiger partial charge < -0.3 is 14.2 Å². The van der Waals surface area contributed by atoms with Crippen LogP contribution in [0.5, 0.6) is 0 Å². The highest BCUT2D eigenvalue weighted by Gasteiger charge is 2.49. The minimum absolute atomic E-state index is 0.225. The van der Waals surface area contributed by atoms with Crippen molar-refractivity contribution in [3.05, 3.63) is 108 Å². The van der Waals surface area contributed by atoms with Gasteiger partial charge in [0.15, 0.2) is 5.85 Å². The SMILES string of the molecule is CC1CCC(C(C)C)C(OP(=O)(OC2CC(C)CCC2C(C)C)C(O)C(Cc2ccccc2)N(Cc2ccccc2)Cc2ccccc2)C1. The van der Waals surface area contributed by atoms with Crippen LogP contribution in [0.4, 0.5) is 0 Å². The minimum atomic E-state index is -4.10. The van der Waals surface area contributed by atoms with Gasteiger partial charge in [-0.15, -0.1) is 0 Å². The highest BCUT2D eigenvalue weighted by Crippen LogP contribution is 2.60. The molecule has 0 amide bonds. The van der Waals surface area contributed by atoms with Crippen LogP contribution in [0.25, 0.3) is 0 Å². The predicted molar refractivity (Wildman–Crippen MR) is 202 cm³/mol. The Bertz CT molecular complexity index is 1350. The average Bonchev–Trinajstić information content (AvgIpc) is 3.08. The number of aliphatic hydroxyl groups excluding tert-OH is 1. The van der Waals surface area contributed by atoms with Gasteiger partial charge in [0.25, 0.3) is 0 Å². The first-order valence-corrected chi connectivity index (χ1v) is 20.6. The average molecular weight is 688 g/mol. The van der Waals surface area contributed by atoms with Crippen molar-refractivity contribution in [1.82, 2.24) is 4.90 Å². The molecule has 8 atom stereocenters. The summed E-state index contributed by atoms with van der Waals surface area (Å²) in [4.78, 5) is 2.30. The van der Waals surface area contributed by atoms with Crippen LogP contribution < -0.4 is 0 Å². The molecule has 6 heteroatoms. The summed E-state index contributed by atoms with van der Waals surface area (Å²) < 4.78 is 29.9. The predicted octanol–water partition coefficient (Wildman–Crippen LogP) is 10.8. The standard InChI is InChI=1S/C43H62NO4P/c1-31(2)38-24-22-33(5)26-41(38)47-49(46,48-42-27-34(6)23-25-39(42)32(3)4)43(45)40(28-35-16-10-7-11-17-35)44(29-36-18-12-8-13-19-36)30-37-20-14-9-15-21-37/h7-21,31-34,38-43,45H,22-30H2,1-6H3. The van der Waals surface area contributed by atoms with Gasteiger partial charge in [0.1, 0.15) is 0 Å². The van der Waals surface area contributed by atoms with Crippen LogP contribution in [-0.2, 0) is 33.1 Å². The molecule has 2 aliphatic rings. The third-order valence-electron chi connectivity index (χ3n) is 11.4. The van der Waals surface area contributed by atoms with E-state index in [0.717, 1.165) is 55.2 Å². The van der Waals surface area contributed by atoms with Crippen LogP contribution in [0.15, 0.2) is 91.0 Å². The molecule has 3 aromatic rings. The molecule has 0 saturated heterocycles. The number of benzene rings is 3. The zero-order chi connectivity index (χ0) is 35.0. The van der Waals surface area contributed by atoms with Crippen LogP contribution in [-0.4, -0.2) is 34.1 Å². The van der Waals surface area contributed by atoms with E-state index in [2.05, 4.69) is 107 Å². The monoisotopic (exact) mass is 687 g/mol. The first-order chi connectivity index (χ1) is 23.5. The van der Waals surface area contributed by atoms with Crippen LogP contribution in [0, 0.1) is 35.5 Å². The first kappa shape index (κ1) is 38.0. The van der Waals surface area contributed by atoms with E-state index in [0.29, 0.717) is 43.2 Å². The van der Waals surface area contributed by atoms with Gasteiger partial charge >= 0.3 is 7.60 Å². The van der Waals surface area contributed by atoms with Crippen LogP contribution >= 0.6 is 7.60 Å². The second-order valence-corrected chi connectivity index (χ2v) is 18.1. The van der Waals surface area contributed by atoms with Gasteiger partial charge in [0.2, 0.25) is 0 Å². The summed E-state index contributed by atoms with van der Waals surface area (Å²) in [7, 11) is -4.10. The van der Waals surface area contributed by atoms with Gasteiger partial charge in [-0.3, -0.25) is 9.46 Å². The molecule has 8 unspecified atom stereocenters. The van der Waals surface area contributed by atoms with E-state index in [9.17, 15) is 5.11 Å². The molecule has 2 saturated carbocycles. The van der Waals surface area contributed by atoms with Gasteiger partial charge in [-0.25, -0.2) is 0 Å². The van der Waals surface area contributed by atoms with E-state index in [4.69, 9.17) is 9.05 Å². The van der Waals surface area contributed by atoms with Crippen molar-refractivity contribution in [3.8, 4) is 0 Å². The third-order valence-corrected chi connectivity index (χ3v) is 13.5. The lowest BCUT2D eigenvalue weighted by atomic mass is 9.75. The number of rotatable bonds is 15. The Hall–Kier alpha value is -2.27. The Morgan fingerprint density at radius 2 is 1.04 bits per heavy atom. The molecule has 5 nitrogen and oxygen atoms in total. The number of hydrogen-bond acceptors (Lipinski definition) is 5. The van der Waals surface area contributed by atoms with Crippen molar-refractivity contribution in [3.63, 3.8) is 0 Å². The summed E-state index contributed by atoms with van der Waals surface area (Å²) >= 11 is 0. The number of hydrogen-bond donors (Lipinski definition) is 1. The smallest absolute Gasteiger partial charge is 0.361 e. The molecule has 0 radical (unpaired) electrons. The van der Waals surface area contributed by atoms with Crippen molar-refractivity contribution >= 4 is 7.60 Å². The molecule has 0 aliphatic heterocycles. The zero-order valence-corrected chi connectivity index (χ0v) is 31.8. The van der Waals surface area contributed by atoms with Crippen molar-refractivity contribution in [2.75, 3.05) is 0 Å². The fraction of sp³-hybridized carbons (Fsp3) is 0.581. The molecule has 0 bridgehead atoms. The van der Waals surface area contributed by atoms with E-state index in [1.54, 1.807) is 0 Å². The maximum Gasteiger partial charge on any atom is 0.361 e. The van der Waals surface area contributed by atoms with E-state index in [1.807, 2.05) is 30.3 Å². The van der Waals surface area contributed by atoms with Gasteiger partial charge in [-0.2, -0.15) is 0 Å². The van der Waals surface area contributed by atoms with Crippen LogP contribution in [0.3, 0.4) is 0 Å². The van der Waals surface area contributed by atoms with Crippen LogP contribution in [0.2, 0.25) is 0 Å². The molecule has 0 heterocycles. The molecular formula is C43H62NO4P. The lowest BCUT2D eigenvalue weighted by molar-refractivity contribution is -0.0257. The van der Waals surface area contributed by atoms with E-state index >= 15 is 4.57 Å². The summed E-state index contributed by atoms with van der Waals surface area (Å²) in [6.45, 7) is 14.7. The van der Waals surface area contributed by atoms with Crippen molar-refractivity contribution in [2.24, 2.45) is 35.5 Å². The van der Waals surface area contributed by atoms with Crippen LogP contribution in [0.1, 0.15) is 96.8 Å². The molecule has 5 rings (SSSR count). The third kappa shape index (κ3) is 10.4. The second kappa shape index (κ2) is 17.8. The first-order valence-electron chi connectivity index (χ1n) is 19.0. The largest absolute Gasteiger partial charge is 0.379 e. The summed E-state index contributed by atoms with van der Waals surface area (Å²) in [5.74, 6) is 0.902. The molecule has 2 fully saturated rings. The molecular weight excluding hydrogens is 625 g/mol. The van der Waals surface area contributed by atoms with Crippen molar-refractivity contribution in [1.29, 1.82) is 0 Å². The molecule has 2 aliphatic carbocycles. The lowest BCUT2D eigenvalue weighted by Crippen LogP contribution is -2.46. The Morgan fingerprint density at radius 3 is 1.43 bits per heavy atom.